The molecular weight excluding hydrogens is 468 g/mol. The standard InChI is InChI=1S/C12H17N5O12P2/c1-4(18)28-31(24,25)29-30(22,23)26-2-5-7(19)8(20)11(27-5)17-3-14-6-9(17)15-12(13)16-10(6)21/h3,5,7-8,11,19-20H,2H2,1H3,(H,22,23)(H,24,25)(H3,13,15,16,21)/t5-,7?,8+,11-/m1/s1. The first-order valence-electron chi connectivity index (χ1n) is 8.25. The number of imidazole rings is 1. The number of nitrogens with zero attached hydrogens (tertiary/aromatic N) is 3. The first kappa shape index (κ1) is 23.5. The van der Waals surface area contributed by atoms with Gasteiger partial charge in [0.25, 0.3) is 5.56 Å². The summed E-state index contributed by atoms with van der Waals surface area (Å²) in [6.07, 6.45) is -5.00. The zero-order chi connectivity index (χ0) is 23.1. The van der Waals surface area contributed by atoms with Gasteiger partial charge < -0.3 is 30.1 Å². The molecule has 172 valence electrons. The highest BCUT2D eigenvalue weighted by Gasteiger charge is 2.46. The number of aromatic nitrogens is 4. The molecule has 0 bridgehead atoms. The van der Waals surface area contributed by atoms with E-state index in [0.29, 0.717) is 0 Å². The van der Waals surface area contributed by atoms with Crippen molar-refractivity contribution in [2.75, 3.05) is 12.3 Å². The highest BCUT2D eigenvalue weighted by atomic mass is 31.3. The molecule has 31 heavy (non-hydrogen) atoms. The molecule has 0 radical (unpaired) electrons. The van der Waals surface area contributed by atoms with Crippen molar-refractivity contribution in [1.29, 1.82) is 0 Å². The molecule has 1 saturated heterocycles. The molecule has 0 amide bonds. The number of anilines is 1. The van der Waals surface area contributed by atoms with Crippen molar-refractivity contribution < 1.29 is 52.0 Å². The molecule has 3 unspecified atom stereocenters. The Kier molecular flexibility index (Phi) is 6.35. The van der Waals surface area contributed by atoms with Crippen molar-refractivity contribution in [2.45, 2.75) is 31.5 Å². The van der Waals surface area contributed by atoms with E-state index in [1.165, 1.54) is 0 Å². The van der Waals surface area contributed by atoms with E-state index in [-0.39, 0.29) is 17.1 Å². The van der Waals surface area contributed by atoms with Gasteiger partial charge in [0, 0.05) is 6.92 Å². The zero-order valence-electron chi connectivity index (χ0n) is 15.5. The number of carbonyl (C=O) groups excluding carboxylic acids is 1. The molecule has 3 rings (SSSR count). The van der Waals surface area contributed by atoms with Gasteiger partial charge in [0.15, 0.2) is 17.4 Å². The van der Waals surface area contributed by atoms with Crippen LogP contribution < -0.4 is 11.3 Å². The predicted molar refractivity (Wildman–Crippen MR) is 96.9 cm³/mol. The number of fused-ring (bicyclic) bond motifs is 1. The van der Waals surface area contributed by atoms with Gasteiger partial charge in [0.05, 0.1) is 12.9 Å². The Bertz CT molecular complexity index is 1150. The molecule has 2 aromatic rings. The number of aliphatic hydroxyl groups excluding tert-OH is 2. The minimum atomic E-state index is -5.26. The number of H-pyrrole nitrogens is 1. The van der Waals surface area contributed by atoms with E-state index < -0.39 is 58.3 Å². The highest BCUT2D eigenvalue weighted by Crippen LogP contribution is 2.60. The molecule has 0 aliphatic carbocycles. The van der Waals surface area contributed by atoms with Gasteiger partial charge in [-0.2, -0.15) is 9.29 Å². The number of rotatable bonds is 7. The van der Waals surface area contributed by atoms with Gasteiger partial charge in [-0.3, -0.25) is 28.6 Å². The van der Waals surface area contributed by atoms with Crippen LogP contribution in [-0.4, -0.2) is 70.4 Å². The van der Waals surface area contributed by atoms with Crippen LogP contribution in [0.15, 0.2) is 11.1 Å². The van der Waals surface area contributed by atoms with Crippen LogP contribution in [0.3, 0.4) is 0 Å². The Hall–Kier alpha value is -2.20. The molecule has 0 saturated carbocycles. The lowest BCUT2D eigenvalue weighted by Crippen LogP contribution is -2.33. The molecule has 7 N–H and O–H groups in total. The van der Waals surface area contributed by atoms with Crippen molar-refractivity contribution in [3.8, 4) is 0 Å². The van der Waals surface area contributed by atoms with Crippen molar-refractivity contribution >= 4 is 38.7 Å². The highest BCUT2D eigenvalue weighted by molar-refractivity contribution is 7.61. The van der Waals surface area contributed by atoms with E-state index in [1.54, 1.807) is 0 Å². The Morgan fingerprint density at radius 1 is 1.32 bits per heavy atom. The second-order valence-electron chi connectivity index (χ2n) is 6.22. The largest absolute Gasteiger partial charge is 0.538 e. The van der Waals surface area contributed by atoms with Crippen LogP contribution in [0.4, 0.5) is 5.95 Å². The average Bonchev–Trinajstić information content (AvgIpc) is 3.13. The molecule has 19 heteroatoms. The van der Waals surface area contributed by atoms with Gasteiger partial charge in [-0.05, 0) is 0 Å². The third kappa shape index (κ3) is 5.17. The third-order valence-electron chi connectivity index (χ3n) is 3.91. The first-order valence-corrected chi connectivity index (χ1v) is 11.2. The number of hydrogen-bond donors (Lipinski definition) is 6. The second kappa shape index (κ2) is 8.38. The summed E-state index contributed by atoms with van der Waals surface area (Å²) in [6.45, 7) is -0.138. The first-order chi connectivity index (χ1) is 14.3. The number of phosphoric ester groups is 2. The van der Waals surface area contributed by atoms with E-state index in [9.17, 15) is 38.7 Å². The Morgan fingerprint density at radius 3 is 2.65 bits per heavy atom. The molecule has 2 aromatic heterocycles. The lowest BCUT2D eigenvalue weighted by Gasteiger charge is -2.18. The van der Waals surface area contributed by atoms with Crippen LogP contribution >= 0.6 is 15.6 Å². The maximum atomic E-state index is 11.9. The minimum absolute atomic E-state index is 0.0715. The maximum Gasteiger partial charge on any atom is 0.538 e. The molecule has 1 aliphatic heterocycles. The Morgan fingerprint density at radius 2 is 2.00 bits per heavy atom. The van der Waals surface area contributed by atoms with Crippen LogP contribution in [0, 0.1) is 0 Å². The number of carbonyl (C=O) groups is 1. The summed E-state index contributed by atoms with van der Waals surface area (Å²) in [5.41, 5.74) is 4.63. The van der Waals surface area contributed by atoms with E-state index >= 15 is 0 Å². The number of nitrogens with one attached hydrogen (secondary N) is 1. The molecule has 1 aliphatic rings. The van der Waals surface area contributed by atoms with Gasteiger partial charge in [0.2, 0.25) is 5.95 Å². The fourth-order valence-corrected chi connectivity index (χ4v) is 4.75. The summed E-state index contributed by atoms with van der Waals surface area (Å²) in [5, 5.41) is 20.5. The van der Waals surface area contributed by atoms with Gasteiger partial charge in [-0.15, -0.1) is 0 Å². The topological polar surface area (TPSA) is 259 Å². The molecule has 6 atom stereocenters. The summed E-state index contributed by atoms with van der Waals surface area (Å²) >= 11 is 0. The molecule has 1 fully saturated rings. The summed E-state index contributed by atoms with van der Waals surface area (Å²) in [5.74, 6) is -1.50. The molecular formula is C12H17N5O12P2. The van der Waals surface area contributed by atoms with Crippen molar-refractivity contribution in [2.24, 2.45) is 0 Å². The lowest BCUT2D eigenvalue weighted by atomic mass is 10.1. The zero-order valence-corrected chi connectivity index (χ0v) is 17.3. The van der Waals surface area contributed by atoms with E-state index in [4.69, 9.17) is 10.5 Å². The number of aromatic amines is 1. The molecule has 0 aromatic carbocycles. The van der Waals surface area contributed by atoms with E-state index in [0.717, 1.165) is 17.8 Å². The maximum absolute atomic E-state index is 11.9. The fraction of sp³-hybridized carbons (Fsp3) is 0.500. The molecule has 0 spiro atoms. The number of nitrogen functional groups attached to an aromatic ring is 1. The van der Waals surface area contributed by atoms with Gasteiger partial charge >= 0.3 is 21.6 Å². The molecule has 3 heterocycles. The summed E-state index contributed by atoms with van der Waals surface area (Å²) in [7, 11) is -10.5. The van der Waals surface area contributed by atoms with Crippen molar-refractivity contribution in [1.82, 2.24) is 19.5 Å². The number of nitrogens with two attached hydrogens (primary N) is 1. The summed E-state index contributed by atoms with van der Waals surface area (Å²) < 4.78 is 42.1. The summed E-state index contributed by atoms with van der Waals surface area (Å²) in [6, 6.07) is 0. The fourth-order valence-electron chi connectivity index (χ4n) is 2.73. The van der Waals surface area contributed by atoms with Gasteiger partial charge in [0.1, 0.15) is 18.3 Å². The van der Waals surface area contributed by atoms with Crippen LogP contribution in [0.25, 0.3) is 11.2 Å². The minimum Gasteiger partial charge on any atom is -0.387 e. The van der Waals surface area contributed by atoms with E-state index in [2.05, 4.69) is 28.3 Å². The van der Waals surface area contributed by atoms with Crippen LogP contribution in [-0.2, 0) is 32.0 Å². The smallest absolute Gasteiger partial charge is 0.387 e. The SMILES string of the molecule is CC(=O)OP(=O)(O)OP(=O)(O)OC[C@H]1O[C@@H](n2cnc3c(=O)[nH]c(N)nc32)[C@@H](O)C1O. The average molecular weight is 485 g/mol. The van der Waals surface area contributed by atoms with E-state index in [1.807, 2.05) is 0 Å². The molecule has 17 nitrogen and oxygen atoms in total. The Labute approximate surface area is 171 Å². The quantitative estimate of drug-likeness (QED) is 0.234. The van der Waals surface area contributed by atoms with Crippen LogP contribution in [0.5, 0.6) is 0 Å². The van der Waals surface area contributed by atoms with Crippen molar-refractivity contribution in [3.63, 3.8) is 0 Å². The van der Waals surface area contributed by atoms with Crippen LogP contribution in [0.1, 0.15) is 13.2 Å². The number of ether oxygens (including phenoxy) is 1. The van der Waals surface area contributed by atoms with Gasteiger partial charge in [-0.25, -0.2) is 14.1 Å². The lowest BCUT2D eigenvalue weighted by molar-refractivity contribution is -0.133. The number of hydrogen-bond acceptors (Lipinski definition) is 13. The normalized spacial score (nSPS) is 27.6. The number of phosphoric acid groups is 2. The van der Waals surface area contributed by atoms with Gasteiger partial charge in [-0.1, -0.05) is 0 Å². The predicted octanol–water partition coefficient (Wildman–Crippen LogP) is -1.88. The third-order valence-corrected chi connectivity index (χ3v) is 6.53. The van der Waals surface area contributed by atoms with Crippen LogP contribution in [0.2, 0.25) is 0 Å². The Balaban J connectivity index is 1.73. The number of aliphatic hydroxyl groups is 2. The second-order valence-corrected chi connectivity index (χ2v) is 9.19. The van der Waals surface area contributed by atoms with Crippen molar-refractivity contribution in [3.05, 3.63) is 16.7 Å². The summed E-state index contributed by atoms with van der Waals surface area (Å²) in [4.78, 5) is 51.3. The monoisotopic (exact) mass is 485 g/mol.